The van der Waals surface area contributed by atoms with E-state index in [2.05, 4.69) is 5.32 Å². The second-order valence-corrected chi connectivity index (χ2v) is 4.15. The average Bonchev–Trinajstić information content (AvgIpc) is 1.89. The molecule has 0 aromatic heterocycles. The maximum absolute atomic E-state index is 10.8. The summed E-state index contributed by atoms with van der Waals surface area (Å²) in [5.41, 5.74) is 5.18. The number of carbonyl (C=O) groups is 1. The minimum Gasteiger partial charge on any atom is -0.368 e. The van der Waals surface area contributed by atoms with Crippen molar-refractivity contribution in [3.8, 4) is 0 Å². The zero-order valence-electron chi connectivity index (χ0n) is 5.96. The van der Waals surface area contributed by atoms with Crippen molar-refractivity contribution in [3.63, 3.8) is 0 Å². The van der Waals surface area contributed by atoms with Crippen molar-refractivity contribution < 1.29 is 4.79 Å². The van der Waals surface area contributed by atoms with Gasteiger partial charge >= 0.3 is 0 Å². The molecule has 0 aliphatic carbocycles. The molecule has 3 nitrogen and oxygen atoms in total. The summed E-state index contributed by atoms with van der Waals surface area (Å²) in [6.45, 7) is 3.28. The molecule has 1 aliphatic rings. The number of nitrogens with two attached hydrogens (primary N) is 1. The lowest BCUT2D eigenvalue weighted by molar-refractivity contribution is -0.119. The molecule has 0 aromatic carbocycles. The highest BCUT2D eigenvalue weighted by Crippen LogP contribution is 2.26. The fourth-order valence-electron chi connectivity index (χ4n) is 0.823. The Morgan fingerprint density at radius 1 is 1.80 bits per heavy atom. The van der Waals surface area contributed by atoms with Crippen LogP contribution in [0.1, 0.15) is 6.92 Å². The van der Waals surface area contributed by atoms with Crippen LogP contribution in [-0.4, -0.2) is 29.5 Å². The molecule has 10 heavy (non-hydrogen) atoms. The minimum atomic E-state index is -0.432. The highest BCUT2D eigenvalue weighted by Gasteiger charge is 2.33. The van der Waals surface area contributed by atoms with Gasteiger partial charge in [-0.25, -0.2) is 5.32 Å². The number of amides is 1. The lowest BCUT2D eigenvalue weighted by Gasteiger charge is -2.28. The van der Waals surface area contributed by atoms with E-state index in [9.17, 15) is 4.79 Å². The van der Waals surface area contributed by atoms with Gasteiger partial charge in [0.25, 0.3) is 0 Å². The number of rotatable bonds is 1. The molecular formula is C6H11N2OS. The van der Waals surface area contributed by atoms with Gasteiger partial charge in [0.2, 0.25) is 5.91 Å². The van der Waals surface area contributed by atoms with E-state index in [1.165, 1.54) is 0 Å². The van der Waals surface area contributed by atoms with Crippen LogP contribution in [0.15, 0.2) is 0 Å². The van der Waals surface area contributed by atoms with Gasteiger partial charge in [-0.15, -0.1) is 11.8 Å². The van der Waals surface area contributed by atoms with Crippen molar-refractivity contribution in [3.05, 3.63) is 0 Å². The largest absolute Gasteiger partial charge is 0.368 e. The summed E-state index contributed by atoms with van der Waals surface area (Å²) in [5, 5.41) is 4.13. The quantitative estimate of drug-likeness (QED) is 0.565. The summed E-state index contributed by atoms with van der Waals surface area (Å²) in [5.74, 6) is 0.667. The average molecular weight is 159 g/mol. The normalized spacial score (nSPS) is 33.7. The molecule has 2 N–H and O–H groups in total. The Balaban J connectivity index is 2.56. The molecule has 1 aliphatic heterocycles. The summed E-state index contributed by atoms with van der Waals surface area (Å²) in [6.07, 6.45) is 0. The van der Waals surface area contributed by atoms with Crippen LogP contribution < -0.4 is 11.1 Å². The van der Waals surface area contributed by atoms with Crippen molar-refractivity contribution in [2.75, 3.05) is 18.8 Å². The lowest BCUT2D eigenvalue weighted by atomic mass is 10.1. The summed E-state index contributed by atoms with van der Waals surface area (Å²) in [4.78, 5) is 10.8. The topological polar surface area (TPSA) is 57.2 Å². The van der Waals surface area contributed by atoms with Gasteiger partial charge in [-0.3, -0.25) is 4.79 Å². The van der Waals surface area contributed by atoms with Gasteiger partial charge in [0.15, 0.2) is 0 Å². The number of thioether (sulfide) groups is 1. The Kier molecular flexibility index (Phi) is 2.21. The molecule has 1 atom stereocenters. The molecule has 0 spiro atoms. The Hall–Kier alpha value is -0.220. The van der Waals surface area contributed by atoms with E-state index in [0.717, 1.165) is 12.3 Å². The molecule has 1 radical (unpaired) electrons. The third-order valence-corrected chi connectivity index (χ3v) is 2.96. The second-order valence-electron chi connectivity index (χ2n) is 2.55. The first kappa shape index (κ1) is 7.88. The summed E-state index contributed by atoms with van der Waals surface area (Å²) < 4.78 is -0.432. The first-order valence-corrected chi connectivity index (χ1v) is 4.21. The van der Waals surface area contributed by atoms with E-state index < -0.39 is 4.75 Å². The van der Waals surface area contributed by atoms with Crippen LogP contribution >= 0.6 is 11.8 Å². The van der Waals surface area contributed by atoms with Crippen molar-refractivity contribution in [1.82, 2.24) is 5.32 Å². The first-order chi connectivity index (χ1) is 4.65. The molecule has 1 heterocycles. The van der Waals surface area contributed by atoms with Gasteiger partial charge < -0.3 is 5.73 Å². The SMILES string of the molecule is CC1(C(N)=O)C[N]CCS1. The molecule has 57 valence electrons. The number of hydrogen-bond acceptors (Lipinski definition) is 2. The maximum Gasteiger partial charge on any atom is 0.234 e. The van der Waals surface area contributed by atoms with E-state index in [1.54, 1.807) is 11.8 Å². The molecule has 4 heteroatoms. The number of carbonyl (C=O) groups excluding carboxylic acids is 1. The second kappa shape index (κ2) is 2.80. The van der Waals surface area contributed by atoms with Crippen molar-refractivity contribution >= 4 is 17.7 Å². The Morgan fingerprint density at radius 3 is 2.80 bits per heavy atom. The standard InChI is InChI=1S/C6H11N2OS/c1-6(5(7)9)4-8-2-3-10-6/h2-4H2,1H3,(H2,7,9). The van der Waals surface area contributed by atoms with Crippen LogP contribution in [0.5, 0.6) is 0 Å². The zero-order chi connectivity index (χ0) is 7.61. The van der Waals surface area contributed by atoms with E-state index in [-0.39, 0.29) is 5.91 Å². The number of primary amides is 1. The predicted octanol–water partition coefficient (Wildman–Crippen LogP) is -0.418. The summed E-state index contributed by atoms with van der Waals surface area (Å²) >= 11 is 1.61. The lowest BCUT2D eigenvalue weighted by Crippen LogP contribution is -2.47. The number of hydrogen-bond donors (Lipinski definition) is 1. The highest BCUT2D eigenvalue weighted by molar-refractivity contribution is 8.01. The zero-order valence-corrected chi connectivity index (χ0v) is 6.78. The number of nitrogens with zero attached hydrogens (tertiary/aromatic N) is 1. The molecule has 1 fully saturated rings. The monoisotopic (exact) mass is 159 g/mol. The van der Waals surface area contributed by atoms with E-state index in [0.29, 0.717) is 6.54 Å². The Labute approximate surface area is 64.7 Å². The smallest absolute Gasteiger partial charge is 0.234 e. The summed E-state index contributed by atoms with van der Waals surface area (Å²) in [7, 11) is 0. The van der Waals surface area contributed by atoms with Crippen LogP contribution in [-0.2, 0) is 4.79 Å². The van der Waals surface area contributed by atoms with Crippen LogP contribution in [0.3, 0.4) is 0 Å². The predicted molar refractivity (Wildman–Crippen MR) is 41.9 cm³/mol. The van der Waals surface area contributed by atoms with Gasteiger partial charge in [-0.2, -0.15) is 0 Å². The van der Waals surface area contributed by atoms with Crippen LogP contribution in [0, 0.1) is 0 Å². The van der Waals surface area contributed by atoms with Crippen molar-refractivity contribution in [2.45, 2.75) is 11.7 Å². The molecule has 1 rings (SSSR count). The molecule has 0 aromatic rings. The maximum atomic E-state index is 10.8. The van der Waals surface area contributed by atoms with Crippen LogP contribution in [0.4, 0.5) is 0 Å². The fraction of sp³-hybridized carbons (Fsp3) is 0.833. The molecule has 0 bridgehead atoms. The molecule has 1 unspecified atom stereocenters. The summed E-state index contributed by atoms with van der Waals surface area (Å²) in [6, 6.07) is 0. The van der Waals surface area contributed by atoms with Gasteiger partial charge in [0, 0.05) is 18.8 Å². The van der Waals surface area contributed by atoms with Gasteiger partial charge in [-0.1, -0.05) is 0 Å². The Morgan fingerprint density at radius 2 is 2.50 bits per heavy atom. The van der Waals surface area contributed by atoms with E-state index in [1.807, 2.05) is 6.92 Å². The third kappa shape index (κ3) is 1.44. The molecular weight excluding hydrogens is 148 g/mol. The van der Waals surface area contributed by atoms with Crippen LogP contribution in [0.25, 0.3) is 0 Å². The first-order valence-electron chi connectivity index (χ1n) is 3.22. The van der Waals surface area contributed by atoms with Gasteiger partial charge in [0.05, 0.1) is 0 Å². The highest BCUT2D eigenvalue weighted by atomic mass is 32.2. The third-order valence-electron chi connectivity index (χ3n) is 1.60. The van der Waals surface area contributed by atoms with Crippen molar-refractivity contribution in [1.29, 1.82) is 0 Å². The molecule has 1 amide bonds. The van der Waals surface area contributed by atoms with Crippen LogP contribution in [0.2, 0.25) is 0 Å². The molecule has 0 saturated carbocycles. The van der Waals surface area contributed by atoms with E-state index >= 15 is 0 Å². The van der Waals surface area contributed by atoms with Crippen molar-refractivity contribution in [2.24, 2.45) is 5.73 Å². The van der Waals surface area contributed by atoms with Gasteiger partial charge in [-0.05, 0) is 6.92 Å². The van der Waals surface area contributed by atoms with Gasteiger partial charge in [0.1, 0.15) is 4.75 Å². The minimum absolute atomic E-state index is 0.249. The fourth-order valence-corrected chi connectivity index (χ4v) is 1.82. The Bertz CT molecular complexity index is 143. The van der Waals surface area contributed by atoms with E-state index in [4.69, 9.17) is 5.73 Å². The molecule has 1 saturated heterocycles.